The SMILES string of the molecule is COC(O)c1cc(C(=O)N=O)nc2c(C(N)=O)ncn12. The lowest BCUT2D eigenvalue weighted by atomic mass is 10.3. The van der Waals surface area contributed by atoms with Gasteiger partial charge in [0.2, 0.25) is 0 Å². The number of ether oxygens (including phenoxy) is 1. The average molecular weight is 279 g/mol. The monoisotopic (exact) mass is 279 g/mol. The van der Waals surface area contributed by atoms with Gasteiger partial charge in [0.1, 0.15) is 12.0 Å². The Hall–Kier alpha value is -2.72. The summed E-state index contributed by atoms with van der Waals surface area (Å²) >= 11 is 0. The lowest BCUT2D eigenvalue weighted by molar-refractivity contribution is -0.0806. The summed E-state index contributed by atoms with van der Waals surface area (Å²) in [6.45, 7) is 0. The Morgan fingerprint density at radius 2 is 2.25 bits per heavy atom. The third kappa shape index (κ3) is 2.13. The predicted molar refractivity (Wildman–Crippen MR) is 63.6 cm³/mol. The van der Waals surface area contributed by atoms with E-state index in [1.165, 1.54) is 17.8 Å². The minimum atomic E-state index is -1.42. The molecule has 20 heavy (non-hydrogen) atoms. The van der Waals surface area contributed by atoms with Gasteiger partial charge in [-0.3, -0.25) is 14.0 Å². The maximum Gasteiger partial charge on any atom is 0.335 e. The third-order valence-corrected chi connectivity index (χ3v) is 2.54. The topological polar surface area (TPSA) is 149 Å². The van der Waals surface area contributed by atoms with Crippen LogP contribution in [-0.2, 0) is 4.74 Å². The second kappa shape index (κ2) is 5.11. The number of methoxy groups -OCH3 is 1. The molecule has 10 nitrogen and oxygen atoms in total. The largest absolute Gasteiger partial charge is 0.364 e. The second-order valence-electron chi connectivity index (χ2n) is 3.70. The summed E-state index contributed by atoms with van der Waals surface area (Å²) in [5.41, 5.74) is 4.51. The first-order valence-electron chi connectivity index (χ1n) is 5.26. The Kier molecular flexibility index (Phi) is 3.50. The van der Waals surface area contributed by atoms with Crippen molar-refractivity contribution in [3.05, 3.63) is 34.4 Å². The zero-order valence-electron chi connectivity index (χ0n) is 10.2. The molecule has 2 rings (SSSR count). The molecule has 0 aliphatic carbocycles. The van der Waals surface area contributed by atoms with E-state index in [2.05, 4.69) is 15.1 Å². The van der Waals surface area contributed by atoms with Crippen LogP contribution < -0.4 is 5.73 Å². The molecule has 2 aromatic heterocycles. The van der Waals surface area contributed by atoms with Gasteiger partial charge in [-0.25, -0.2) is 9.97 Å². The van der Waals surface area contributed by atoms with E-state index >= 15 is 0 Å². The van der Waals surface area contributed by atoms with Crippen LogP contribution >= 0.6 is 0 Å². The van der Waals surface area contributed by atoms with Gasteiger partial charge < -0.3 is 15.6 Å². The van der Waals surface area contributed by atoms with Crippen molar-refractivity contribution in [2.45, 2.75) is 6.29 Å². The standard InChI is InChI=1S/C10H9N5O5/c1-20-10(18)5-2-4(9(17)14-19)13-8-6(7(11)16)12-3-15(5)8/h2-3,10,18H,1H3,(H2,11,16). The first-order valence-corrected chi connectivity index (χ1v) is 5.26. The molecule has 3 N–H and O–H groups in total. The number of aromatic nitrogens is 3. The summed E-state index contributed by atoms with van der Waals surface area (Å²) in [6.07, 6.45) is -0.239. The van der Waals surface area contributed by atoms with E-state index in [4.69, 9.17) is 10.5 Å². The molecule has 0 aromatic carbocycles. The van der Waals surface area contributed by atoms with Crippen LogP contribution in [0.2, 0.25) is 0 Å². The van der Waals surface area contributed by atoms with Gasteiger partial charge in [-0.1, -0.05) is 0 Å². The quantitative estimate of drug-likeness (QED) is 0.558. The smallest absolute Gasteiger partial charge is 0.335 e. The van der Waals surface area contributed by atoms with Crippen LogP contribution in [0.1, 0.15) is 33.0 Å². The van der Waals surface area contributed by atoms with Crippen molar-refractivity contribution >= 4 is 17.5 Å². The number of rotatable bonds is 4. The molecule has 0 radical (unpaired) electrons. The van der Waals surface area contributed by atoms with Crippen LogP contribution in [-0.4, -0.2) is 38.4 Å². The zero-order chi connectivity index (χ0) is 14.9. The van der Waals surface area contributed by atoms with Crippen LogP contribution in [0.25, 0.3) is 5.65 Å². The van der Waals surface area contributed by atoms with Crippen LogP contribution in [0.15, 0.2) is 17.6 Å². The number of aliphatic hydroxyl groups excluding tert-OH is 1. The number of nitroso groups, excluding NO2 is 1. The van der Waals surface area contributed by atoms with E-state index in [1.807, 2.05) is 0 Å². The molecule has 0 aliphatic heterocycles. The molecular weight excluding hydrogens is 270 g/mol. The number of fused-ring (bicyclic) bond motifs is 1. The number of nitrogens with two attached hydrogens (primary N) is 1. The highest BCUT2D eigenvalue weighted by molar-refractivity contribution is 5.98. The number of amides is 2. The Bertz CT molecular complexity index is 709. The van der Waals surface area contributed by atoms with E-state index in [0.29, 0.717) is 0 Å². The number of hydrogen-bond acceptors (Lipinski definition) is 7. The maximum atomic E-state index is 11.3. The van der Waals surface area contributed by atoms with E-state index in [1.54, 1.807) is 0 Å². The lowest BCUT2D eigenvalue weighted by Crippen LogP contribution is -2.15. The normalized spacial score (nSPS) is 12.3. The molecule has 10 heteroatoms. The molecule has 1 atom stereocenters. The van der Waals surface area contributed by atoms with E-state index in [9.17, 15) is 19.6 Å². The van der Waals surface area contributed by atoms with Crippen molar-refractivity contribution in [3.63, 3.8) is 0 Å². The Balaban J connectivity index is 2.79. The minimum absolute atomic E-state index is 0.0458. The van der Waals surface area contributed by atoms with Crippen molar-refractivity contribution in [1.82, 2.24) is 14.4 Å². The predicted octanol–water partition coefficient (Wildman–Crippen LogP) is -0.628. The number of imidazole rings is 1. The second-order valence-corrected chi connectivity index (χ2v) is 3.70. The highest BCUT2D eigenvalue weighted by Gasteiger charge is 2.21. The summed E-state index contributed by atoms with van der Waals surface area (Å²) in [6, 6.07) is 1.11. The van der Waals surface area contributed by atoms with E-state index in [0.717, 1.165) is 6.07 Å². The summed E-state index contributed by atoms with van der Waals surface area (Å²) in [5.74, 6) is -2.03. The van der Waals surface area contributed by atoms with Gasteiger partial charge in [-0.05, 0) is 6.07 Å². The minimum Gasteiger partial charge on any atom is -0.364 e. The molecule has 2 heterocycles. The highest BCUT2D eigenvalue weighted by atomic mass is 16.6. The molecule has 2 amide bonds. The number of carbonyl (C=O) groups is 2. The van der Waals surface area contributed by atoms with Crippen LogP contribution in [0.5, 0.6) is 0 Å². The van der Waals surface area contributed by atoms with Gasteiger partial charge in [0.15, 0.2) is 17.6 Å². The first-order chi connectivity index (χ1) is 9.49. The molecule has 0 bridgehead atoms. The summed E-state index contributed by atoms with van der Waals surface area (Å²) < 4.78 is 5.94. The number of carbonyl (C=O) groups excluding carboxylic acids is 2. The molecule has 1 unspecified atom stereocenters. The van der Waals surface area contributed by atoms with Gasteiger partial charge >= 0.3 is 5.91 Å². The number of hydrogen-bond donors (Lipinski definition) is 2. The van der Waals surface area contributed by atoms with Crippen LogP contribution in [0.3, 0.4) is 0 Å². The molecule has 0 aliphatic rings. The van der Waals surface area contributed by atoms with Crippen molar-refractivity contribution in [2.75, 3.05) is 7.11 Å². The summed E-state index contributed by atoms with van der Waals surface area (Å²) in [5, 5.41) is 12.0. The number of primary amides is 1. The fourth-order valence-corrected chi connectivity index (χ4v) is 1.63. The average Bonchev–Trinajstić information content (AvgIpc) is 2.88. The molecule has 104 valence electrons. The fraction of sp³-hybridized carbons (Fsp3) is 0.200. The van der Waals surface area contributed by atoms with E-state index < -0.39 is 18.1 Å². The van der Waals surface area contributed by atoms with Crippen molar-refractivity contribution in [3.8, 4) is 0 Å². The lowest BCUT2D eigenvalue weighted by Gasteiger charge is -2.11. The van der Waals surface area contributed by atoms with Crippen molar-refractivity contribution in [1.29, 1.82) is 0 Å². The van der Waals surface area contributed by atoms with Gasteiger partial charge in [0.05, 0.1) is 5.69 Å². The Labute approximate surface area is 111 Å². The molecule has 2 aromatic rings. The van der Waals surface area contributed by atoms with Crippen molar-refractivity contribution < 1.29 is 19.4 Å². The molecule has 0 fully saturated rings. The number of nitrogens with zero attached hydrogens (tertiary/aromatic N) is 4. The zero-order valence-corrected chi connectivity index (χ0v) is 10.2. The Morgan fingerprint density at radius 3 is 2.80 bits per heavy atom. The molecule has 0 saturated carbocycles. The van der Waals surface area contributed by atoms with Crippen LogP contribution in [0.4, 0.5) is 0 Å². The van der Waals surface area contributed by atoms with Gasteiger partial charge in [0, 0.05) is 12.3 Å². The molecule has 0 saturated heterocycles. The fourth-order valence-electron chi connectivity index (χ4n) is 1.63. The van der Waals surface area contributed by atoms with Crippen LogP contribution in [0, 0.1) is 4.91 Å². The summed E-state index contributed by atoms with van der Waals surface area (Å²) in [7, 11) is 1.22. The maximum absolute atomic E-state index is 11.3. The van der Waals surface area contributed by atoms with Gasteiger partial charge in [-0.15, -0.1) is 4.91 Å². The Morgan fingerprint density at radius 1 is 1.55 bits per heavy atom. The van der Waals surface area contributed by atoms with Gasteiger partial charge in [0.25, 0.3) is 5.91 Å². The molecular formula is C10H9N5O5. The number of aliphatic hydroxyl groups is 1. The highest BCUT2D eigenvalue weighted by Crippen LogP contribution is 2.19. The molecule has 0 spiro atoms. The summed E-state index contributed by atoms with van der Waals surface area (Å²) in [4.78, 5) is 40.4. The first kappa shape index (κ1) is 13.7. The van der Waals surface area contributed by atoms with Gasteiger partial charge in [-0.2, -0.15) is 0 Å². The van der Waals surface area contributed by atoms with E-state index in [-0.39, 0.29) is 22.7 Å². The third-order valence-electron chi connectivity index (χ3n) is 2.54. The van der Waals surface area contributed by atoms with Crippen molar-refractivity contribution in [2.24, 2.45) is 10.9 Å².